The fourth-order valence-corrected chi connectivity index (χ4v) is 6.64. The maximum atomic E-state index is 14.5. The first-order chi connectivity index (χ1) is 22.5. The summed E-state index contributed by atoms with van der Waals surface area (Å²) in [5, 5.41) is 36.6. The number of aldehydes is 1. The predicted molar refractivity (Wildman–Crippen MR) is 175 cm³/mol. The molecule has 0 radical (unpaired) electrons. The Hall–Kier alpha value is -4.49. The van der Waals surface area contributed by atoms with Gasteiger partial charge in [0.25, 0.3) is 0 Å². The van der Waals surface area contributed by atoms with Crippen LogP contribution < -0.4 is 22.1 Å². The fraction of sp³-hybridized carbons (Fsp3) is 0.500. The van der Waals surface area contributed by atoms with Crippen LogP contribution in [0, 0.1) is 5.92 Å². The Bertz CT molecular complexity index is 1390. The first kappa shape index (κ1) is 35.4. The van der Waals surface area contributed by atoms with E-state index in [0.717, 1.165) is 11.8 Å². The second kappa shape index (κ2) is 16.9. The molecule has 3 amide bonds. The summed E-state index contributed by atoms with van der Waals surface area (Å²) >= 11 is 0. The molecule has 1 saturated carbocycles. The highest BCUT2D eigenvalue weighted by Gasteiger charge is 2.50. The number of nitrogens with two attached hydrogens (primary N) is 2. The largest absolute Gasteiger partial charge is 0.508 e. The van der Waals surface area contributed by atoms with E-state index in [-0.39, 0.29) is 36.9 Å². The van der Waals surface area contributed by atoms with Crippen LogP contribution in [0.3, 0.4) is 0 Å². The van der Waals surface area contributed by atoms with Gasteiger partial charge in [0.2, 0.25) is 17.7 Å². The maximum absolute atomic E-state index is 14.5. The number of aliphatic imine (C=N–C) groups is 1. The quantitative estimate of drug-likeness (QED) is 0.0608. The SMILES string of the molecule is NC(N)=NCCC[C@@H](CC=O)NC(=O)[C@@H]1C[C@@H]2CC[C@@H](O)C[C@@H]2N1C(=O)[C@H](Cc1ccccc1)NC(=O)[C@@H](O)Cc1ccc(O)cc1. The summed E-state index contributed by atoms with van der Waals surface area (Å²) in [7, 11) is 0. The van der Waals surface area contributed by atoms with Crippen LogP contribution in [-0.4, -0.2) is 93.1 Å². The van der Waals surface area contributed by atoms with Gasteiger partial charge in [-0.2, -0.15) is 0 Å². The molecule has 0 aromatic heterocycles. The number of amides is 3. The molecular formula is C34H46N6O7. The summed E-state index contributed by atoms with van der Waals surface area (Å²) in [6.07, 6.45) is 1.61. The van der Waals surface area contributed by atoms with Crippen molar-refractivity contribution in [2.24, 2.45) is 22.4 Å². The van der Waals surface area contributed by atoms with Gasteiger partial charge in [0, 0.05) is 37.9 Å². The molecule has 4 rings (SSSR count). The third-order valence-electron chi connectivity index (χ3n) is 9.00. The highest BCUT2D eigenvalue weighted by Crippen LogP contribution is 2.40. The van der Waals surface area contributed by atoms with Gasteiger partial charge in [0.05, 0.1) is 6.10 Å². The van der Waals surface area contributed by atoms with Crippen molar-refractivity contribution in [2.75, 3.05) is 6.54 Å². The van der Waals surface area contributed by atoms with Gasteiger partial charge in [-0.15, -0.1) is 0 Å². The Morgan fingerprint density at radius 3 is 2.36 bits per heavy atom. The first-order valence-electron chi connectivity index (χ1n) is 16.2. The highest BCUT2D eigenvalue weighted by atomic mass is 16.3. The number of carbonyl (C=O) groups excluding carboxylic acids is 4. The molecule has 2 aromatic rings. The van der Waals surface area contributed by atoms with Gasteiger partial charge in [0.15, 0.2) is 5.96 Å². The number of aliphatic hydroxyl groups is 2. The fourth-order valence-electron chi connectivity index (χ4n) is 6.64. The van der Waals surface area contributed by atoms with Crippen molar-refractivity contribution >= 4 is 30.0 Å². The lowest BCUT2D eigenvalue weighted by atomic mass is 9.83. The van der Waals surface area contributed by atoms with E-state index < -0.39 is 54.1 Å². The zero-order valence-corrected chi connectivity index (χ0v) is 26.4. The van der Waals surface area contributed by atoms with Gasteiger partial charge in [-0.05, 0) is 67.7 Å². The van der Waals surface area contributed by atoms with E-state index >= 15 is 0 Å². The number of aliphatic hydroxyl groups excluding tert-OH is 2. The van der Waals surface area contributed by atoms with E-state index in [4.69, 9.17) is 11.5 Å². The van der Waals surface area contributed by atoms with Crippen LogP contribution in [0.2, 0.25) is 0 Å². The van der Waals surface area contributed by atoms with Crippen LogP contribution in [0.4, 0.5) is 0 Å². The van der Waals surface area contributed by atoms with E-state index in [1.54, 1.807) is 12.1 Å². The van der Waals surface area contributed by atoms with Crippen molar-refractivity contribution in [3.63, 3.8) is 0 Å². The summed E-state index contributed by atoms with van der Waals surface area (Å²) in [4.78, 5) is 58.6. The number of likely N-dealkylation sites (tertiary alicyclic amines) is 1. The number of guanidine groups is 1. The molecule has 1 heterocycles. The lowest BCUT2D eigenvalue weighted by molar-refractivity contribution is -0.145. The first-order valence-corrected chi connectivity index (χ1v) is 16.2. The second-order valence-electron chi connectivity index (χ2n) is 12.5. The van der Waals surface area contributed by atoms with Gasteiger partial charge in [-0.3, -0.25) is 19.4 Å². The average molecular weight is 651 g/mol. The van der Waals surface area contributed by atoms with Gasteiger partial charge < -0.3 is 47.1 Å². The Kier molecular flexibility index (Phi) is 12.7. The molecule has 1 aliphatic heterocycles. The van der Waals surface area contributed by atoms with Crippen molar-refractivity contribution in [3.8, 4) is 5.75 Å². The number of phenolic OH excluding ortho intramolecular Hbond substituents is 1. The summed E-state index contributed by atoms with van der Waals surface area (Å²) in [5.74, 6) is -1.67. The predicted octanol–water partition coefficient (Wildman–Crippen LogP) is 0.281. The number of nitrogens with one attached hydrogen (secondary N) is 2. The molecule has 2 aromatic carbocycles. The Balaban J connectivity index is 1.57. The smallest absolute Gasteiger partial charge is 0.249 e. The number of hydrogen-bond acceptors (Lipinski definition) is 8. The average Bonchev–Trinajstić information content (AvgIpc) is 3.42. The van der Waals surface area contributed by atoms with Crippen LogP contribution in [0.5, 0.6) is 5.75 Å². The molecule has 1 aliphatic carbocycles. The van der Waals surface area contributed by atoms with E-state index in [9.17, 15) is 34.5 Å². The molecule has 0 bridgehead atoms. The number of nitrogens with zero attached hydrogens (tertiary/aromatic N) is 2. The molecule has 254 valence electrons. The monoisotopic (exact) mass is 650 g/mol. The summed E-state index contributed by atoms with van der Waals surface area (Å²) < 4.78 is 0. The van der Waals surface area contributed by atoms with E-state index in [0.29, 0.717) is 50.6 Å². The number of fused-ring (bicyclic) bond motifs is 1. The maximum Gasteiger partial charge on any atom is 0.249 e. The number of aromatic hydroxyl groups is 1. The second-order valence-corrected chi connectivity index (χ2v) is 12.5. The van der Waals surface area contributed by atoms with Gasteiger partial charge in [-0.25, -0.2) is 0 Å². The summed E-state index contributed by atoms with van der Waals surface area (Å²) in [5.41, 5.74) is 12.2. The lowest BCUT2D eigenvalue weighted by Crippen LogP contribution is -2.59. The number of benzene rings is 2. The molecule has 1 saturated heterocycles. The van der Waals surface area contributed by atoms with Gasteiger partial charge >= 0.3 is 0 Å². The molecular weight excluding hydrogens is 604 g/mol. The summed E-state index contributed by atoms with van der Waals surface area (Å²) in [6, 6.07) is 12.3. The minimum atomic E-state index is -1.48. The molecule has 0 spiro atoms. The third-order valence-corrected chi connectivity index (χ3v) is 9.00. The normalized spacial score (nSPS) is 22.3. The molecule has 7 atom stereocenters. The molecule has 2 fully saturated rings. The van der Waals surface area contributed by atoms with E-state index in [1.807, 2.05) is 30.3 Å². The van der Waals surface area contributed by atoms with Gasteiger partial charge in [0.1, 0.15) is 30.2 Å². The third kappa shape index (κ3) is 10.00. The molecule has 9 N–H and O–H groups in total. The summed E-state index contributed by atoms with van der Waals surface area (Å²) in [6.45, 7) is 0.336. The standard InChI is InChI=1S/C34H46N6O7/c35-34(36)37-15-4-7-24(14-16-41)38-31(45)29-19-23-10-13-26(43)20-28(23)40(29)33(47)27(17-21-5-2-1-3-6-21)39-32(46)30(44)18-22-8-11-25(42)12-9-22/h1-3,5-6,8-9,11-12,16,23-24,26-30,42-44H,4,7,10,13-15,17-20H2,(H,38,45)(H,39,46)(H4,35,36,37)/t23-,24-,26+,27-,28-,29-,30-/m0/s1. The molecule has 0 unspecified atom stereocenters. The topological polar surface area (TPSA) is 221 Å². The zero-order valence-electron chi connectivity index (χ0n) is 26.4. The van der Waals surface area contributed by atoms with Crippen LogP contribution in [0.15, 0.2) is 59.6 Å². The number of rotatable bonds is 15. The van der Waals surface area contributed by atoms with E-state index in [2.05, 4.69) is 15.6 Å². The minimum Gasteiger partial charge on any atom is -0.508 e. The van der Waals surface area contributed by atoms with Crippen molar-refractivity contribution in [1.29, 1.82) is 0 Å². The minimum absolute atomic E-state index is 0.0300. The van der Waals surface area contributed by atoms with Crippen LogP contribution in [0.1, 0.15) is 56.1 Å². The van der Waals surface area contributed by atoms with Crippen LogP contribution >= 0.6 is 0 Å². The van der Waals surface area contributed by atoms with Crippen molar-refractivity contribution < 1.29 is 34.5 Å². The number of carbonyl (C=O) groups is 4. The van der Waals surface area contributed by atoms with Crippen molar-refractivity contribution in [2.45, 2.75) is 94.2 Å². The Labute approximate surface area is 274 Å². The number of phenols is 1. The highest BCUT2D eigenvalue weighted by molar-refractivity contribution is 5.94. The molecule has 13 heteroatoms. The molecule has 13 nitrogen and oxygen atoms in total. The number of hydrogen-bond donors (Lipinski definition) is 7. The molecule has 2 aliphatic rings. The van der Waals surface area contributed by atoms with Crippen LogP contribution in [-0.2, 0) is 32.0 Å². The van der Waals surface area contributed by atoms with E-state index in [1.165, 1.54) is 17.0 Å². The molecule has 47 heavy (non-hydrogen) atoms. The van der Waals surface area contributed by atoms with Gasteiger partial charge in [-0.1, -0.05) is 42.5 Å². The van der Waals surface area contributed by atoms with Crippen LogP contribution in [0.25, 0.3) is 0 Å². The Morgan fingerprint density at radius 1 is 0.979 bits per heavy atom. The lowest BCUT2D eigenvalue weighted by Gasteiger charge is -2.38. The Morgan fingerprint density at radius 2 is 1.68 bits per heavy atom. The zero-order chi connectivity index (χ0) is 33.9. The van der Waals surface area contributed by atoms with Crippen molar-refractivity contribution in [3.05, 3.63) is 65.7 Å². The van der Waals surface area contributed by atoms with Crippen molar-refractivity contribution in [1.82, 2.24) is 15.5 Å².